The van der Waals surface area contributed by atoms with Gasteiger partial charge in [-0.15, -0.1) is 0 Å². The van der Waals surface area contributed by atoms with E-state index in [2.05, 4.69) is 28.7 Å². The van der Waals surface area contributed by atoms with Gasteiger partial charge in [0, 0.05) is 13.2 Å². The van der Waals surface area contributed by atoms with Crippen LogP contribution in [-0.4, -0.2) is 4.92 Å². The SMILES string of the molecule is Cc1cc(N)c(C#N)c(I)c1C.Cc1cc([N+](=O)[O-])c(C#N)c(I)c1C. The molecular formula is C18H16I2N4O2. The summed E-state index contributed by atoms with van der Waals surface area (Å²) >= 11 is 4.12. The van der Waals surface area contributed by atoms with Crippen molar-refractivity contribution in [1.82, 2.24) is 0 Å². The number of nitrogens with two attached hydrogens (primary N) is 1. The van der Waals surface area contributed by atoms with Crippen molar-refractivity contribution in [2.45, 2.75) is 27.7 Å². The molecule has 0 atom stereocenters. The Labute approximate surface area is 179 Å². The van der Waals surface area contributed by atoms with E-state index in [9.17, 15) is 10.1 Å². The number of hydrogen-bond donors (Lipinski definition) is 1. The predicted molar refractivity (Wildman–Crippen MR) is 118 cm³/mol. The highest BCUT2D eigenvalue weighted by Crippen LogP contribution is 2.28. The molecule has 0 fully saturated rings. The van der Waals surface area contributed by atoms with Gasteiger partial charge in [-0.25, -0.2) is 0 Å². The number of rotatable bonds is 1. The van der Waals surface area contributed by atoms with Crippen LogP contribution in [-0.2, 0) is 0 Å². The Morgan fingerprint density at radius 2 is 1.38 bits per heavy atom. The Kier molecular flexibility index (Phi) is 7.78. The maximum atomic E-state index is 10.6. The van der Waals surface area contributed by atoms with Gasteiger partial charge in [-0.1, -0.05) is 0 Å². The summed E-state index contributed by atoms with van der Waals surface area (Å²) in [6, 6.07) is 7.25. The Balaban J connectivity index is 0.000000263. The zero-order chi connectivity index (χ0) is 20.2. The second-order valence-corrected chi connectivity index (χ2v) is 7.76. The predicted octanol–water partition coefficient (Wildman–Crippen LogP) is 5.05. The molecule has 0 aliphatic carbocycles. The minimum absolute atomic E-state index is 0.111. The molecule has 0 amide bonds. The van der Waals surface area contributed by atoms with Crippen LogP contribution >= 0.6 is 45.2 Å². The lowest BCUT2D eigenvalue weighted by Gasteiger charge is -2.07. The number of nitro groups is 1. The van der Waals surface area contributed by atoms with E-state index in [1.54, 1.807) is 6.92 Å². The van der Waals surface area contributed by atoms with Crippen molar-refractivity contribution in [2.75, 3.05) is 5.73 Å². The van der Waals surface area contributed by atoms with Crippen molar-refractivity contribution < 1.29 is 4.92 Å². The molecule has 8 heteroatoms. The Morgan fingerprint density at radius 1 is 0.962 bits per heavy atom. The van der Waals surface area contributed by atoms with E-state index < -0.39 is 4.92 Å². The molecular weight excluding hydrogens is 558 g/mol. The molecule has 0 aliphatic heterocycles. The highest BCUT2D eigenvalue weighted by atomic mass is 127. The summed E-state index contributed by atoms with van der Waals surface area (Å²) in [5.74, 6) is 0. The largest absolute Gasteiger partial charge is 0.398 e. The van der Waals surface area contributed by atoms with Gasteiger partial charge >= 0.3 is 0 Å². The molecule has 0 radical (unpaired) electrons. The first-order chi connectivity index (χ1) is 12.1. The van der Waals surface area contributed by atoms with Gasteiger partial charge < -0.3 is 5.73 Å². The van der Waals surface area contributed by atoms with Crippen molar-refractivity contribution >= 4 is 56.6 Å². The van der Waals surface area contributed by atoms with Gasteiger partial charge in [-0.2, -0.15) is 10.5 Å². The van der Waals surface area contributed by atoms with Crippen LogP contribution in [0.15, 0.2) is 12.1 Å². The number of anilines is 1. The number of nitro benzene ring substituents is 1. The molecule has 0 aromatic heterocycles. The fourth-order valence-corrected chi connectivity index (χ4v) is 3.80. The number of aryl methyl sites for hydroxylation is 2. The molecule has 2 aromatic carbocycles. The second-order valence-electron chi connectivity index (χ2n) is 5.60. The lowest BCUT2D eigenvalue weighted by molar-refractivity contribution is -0.385. The minimum Gasteiger partial charge on any atom is -0.398 e. The van der Waals surface area contributed by atoms with E-state index in [1.165, 1.54) is 6.07 Å². The molecule has 26 heavy (non-hydrogen) atoms. The van der Waals surface area contributed by atoms with E-state index in [1.807, 2.05) is 55.5 Å². The Morgan fingerprint density at radius 3 is 1.81 bits per heavy atom. The van der Waals surface area contributed by atoms with Gasteiger partial charge in [-0.3, -0.25) is 10.1 Å². The van der Waals surface area contributed by atoms with Gasteiger partial charge in [0.25, 0.3) is 5.69 Å². The Hall–Kier alpha value is -1.92. The van der Waals surface area contributed by atoms with Crippen molar-refractivity contribution in [3.63, 3.8) is 0 Å². The topological polar surface area (TPSA) is 117 Å². The van der Waals surface area contributed by atoms with Crippen LogP contribution in [0.5, 0.6) is 0 Å². The molecule has 0 saturated carbocycles. The first-order valence-electron chi connectivity index (χ1n) is 7.36. The van der Waals surface area contributed by atoms with Gasteiger partial charge in [0.05, 0.1) is 16.2 Å². The van der Waals surface area contributed by atoms with E-state index in [4.69, 9.17) is 16.3 Å². The van der Waals surface area contributed by atoms with Gasteiger partial charge in [0.1, 0.15) is 17.7 Å². The number of nitriles is 2. The molecule has 0 unspecified atom stereocenters. The van der Waals surface area contributed by atoms with E-state index in [-0.39, 0.29) is 11.3 Å². The van der Waals surface area contributed by atoms with Crippen LogP contribution in [0.1, 0.15) is 33.4 Å². The van der Waals surface area contributed by atoms with Crippen molar-refractivity contribution in [1.29, 1.82) is 10.5 Å². The minimum atomic E-state index is -0.521. The zero-order valence-electron chi connectivity index (χ0n) is 14.6. The monoisotopic (exact) mass is 574 g/mol. The molecule has 2 N–H and O–H groups in total. The summed E-state index contributed by atoms with van der Waals surface area (Å²) in [6.45, 7) is 7.64. The van der Waals surface area contributed by atoms with Crippen molar-refractivity contribution in [2.24, 2.45) is 0 Å². The average molecular weight is 574 g/mol. The van der Waals surface area contributed by atoms with Crippen LogP contribution in [0.4, 0.5) is 11.4 Å². The number of benzene rings is 2. The van der Waals surface area contributed by atoms with E-state index in [0.717, 1.165) is 25.8 Å². The highest BCUT2D eigenvalue weighted by molar-refractivity contribution is 14.1. The molecule has 0 bridgehead atoms. The van der Waals surface area contributed by atoms with Crippen molar-refractivity contribution in [3.05, 3.63) is 62.8 Å². The van der Waals surface area contributed by atoms with E-state index >= 15 is 0 Å². The number of nitrogen functional groups attached to an aromatic ring is 1. The standard InChI is InChI=1S/C9H7IN2O2.C9H9IN2/c1-5-3-8(12(13)14)7(4-11)9(10)6(5)2;1-5-3-8(12)7(4-11)9(10)6(5)2/h3H,1-2H3;3H,12H2,1-2H3. The smallest absolute Gasteiger partial charge is 0.288 e. The molecule has 6 nitrogen and oxygen atoms in total. The maximum Gasteiger partial charge on any atom is 0.288 e. The maximum absolute atomic E-state index is 10.6. The third-order valence-electron chi connectivity index (χ3n) is 3.97. The fraction of sp³-hybridized carbons (Fsp3) is 0.222. The molecule has 0 spiro atoms. The summed E-state index contributed by atoms with van der Waals surface area (Å²) in [7, 11) is 0. The zero-order valence-corrected chi connectivity index (χ0v) is 19.0. The first-order valence-corrected chi connectivity index (χ1v) is 9.51. The summed E-state index contributed by atoms with van der Waals surface area (Å²) < 4.78 is 1.63. The van der Waals surface area contributed by atoms with Crippen LogP contribution in [0.2, 0.25) is 0 Å². The number of halogens is 2. The fourth-order valence-electron chi connectivity index (χ4n) is 2.12. The van der Waals surface area contributed by atoms with Crippen molar-refractivity contribution in [3.8, 4) is 12.1 Å². The summed E-state index contributed by atoms with van der Waals surface area (Å²) in [5, 5.41) is 28.2. The number of nitrogens with zero attached hydrogens (tertiary/aromatic N) is 3. The molecule has 2 rings (SSSR count). The van der Waals surface area contributed by atoms with Gasteiger partial charge in [-0.05, 0) is 101 Å². The quantitative estimate of drug-likeness (QED) is 0.222. The molecule has 0 saturated heterocycles. The molecule has 0 aliphatic rings. The van der Waals surface area contributed by atoms with Gasteiger partial charge in [0.2, 0.25) is 0 Å². The second kappa shape index (κ2) is 9.14. The number of hydrogen-bond acceptors (Lipinski definition) is 5. The van der Waals surface area contributed by atoms with Gasteiger partial charge in [0.15, 0.2) is 0 Å². The average Bonchev–Trinajstić information content (AvgIpc) is 2.58. The van der Waals surface area contributed by atoms with Crippen LogP contribution < -0.4 is 5.73 Å². The summed E-state index contributed by atoms with van der Waals surface area (Å²) in [6.07, 6.45) is 0. The molecule has 2 aromatic rings. The Bertz CT molecular complexity index is 973. The summed E-state index contributed by atoms with van der Waals surface area (Å²) in [5.41, 5.74) is 10.9. The van der Waals surface area contributed by atoms with Crippen LogP contribution in [0, 0.1) is 67.6 Å². The van der Waals surface area contributed by atoms with E-state index in [0.29, 0.717) is 14.8 Å². The molecule has 134 valence electrons. The summed E-state index contributed by atoms with van der Waals surface area (Å²) in [4.78, 5) is 10.1. The lowest BCUT2D eigenvalue weighted by Crippen LogP contribution is -1.98. The van der Waals surface area contributed by atoms with Crippen LogP contribution in [0.3, 0.4) is 0 Å². The normalized spacial score (nSPS) is 9.54. The first kappa shape index (κ1) is 22.1. The molecule has 0 heterocycles. The lowest BCUT2D eigenvalue weighted by atomic mass is 10.1. The highest BCUT2D eigenvalue weighted by Gasteiger charge is 2.19. The third kappa shape index (κ3) is 4.62. The van der Waals surface area contributed by atoms with Crippen LogP contribution in [0.25, 0.3) is 0 Å². The third-order valence-corrected chi connectivity index (χ3v) is 6.67.